The molecule has 2 aliphatic carbocycles. The smallest absolute Gasteiger partial charge is 0.211 e. The SMILES string of the molecule is NC1(CNS(=O)(=O)CC2CC2)CCCCC1. The van der Waals surface area contributed by atoms with Crippen LogP contribution >= 0.6 is 0 Å². The molecular formula is C11H22N2O2S. The van der Waals surface area contributed by atoms with E-state index in [0.29, 0.717) is 18.2 Å². The lowest BCUT2D eigenvalue weighted by Crippen LogP contribution is -2.51. The molecule has 16 heavy (non-hydrogen) atoms. The first-order valence-electron chi connectivity index (χ1n) is 6.25. The van der Waals surface area contributed by atoms with Gasteiger partial charge < -0.3 is 5.73 Å². The summed E-state index contributed by atoms with van der Waals surface area (Å²) in [5.41, 5.74) is 5.89. The number of hydrogen-bond donors (Lipinski definition) is 2. The Morgan fingerprint density at radius 2 is 1.81 bits per heavy atom. The molecule has 0 aromatic carbocycles. The van der Waals surface area contributed by atoms with Gasteiger partial charge in [0, 0.05) is 12.1 Å². The predicted octanol–water partition coefficient (Wildman–Crippen LogP) is 0.977. The molecule has 0 atom stereocenters. The molecular weight excluding hydrogens is 224 g/mol. The highest BCUT2D eigenvalue weighted by atomic mass is 32.2. The topological polar surface area (TPSA) is 72.2 Å². The van der Waals surface area contributed by atoms with Gasteiger partial charge in [0.05, 0.1) is 5.75 Å². The summed E-state index contributed by atoms with van der Waals surface area (Å²) >= 11 is 0. The van der Waals surface area contributed by atoms with E-state index in [1.807, 2.05) is 0 Å². The Labute approximate surface area is 98.0 Å². The van der Waals surface area contributed by atoms with E-state index in [4.69, 9.17) is 5.73 Å². The highest BCUT2D eigenvalue weighted by molar-refractivity contribution is 7.89. The molecule has 0 amide bonds. The van der Waals surface area contributed by atoms with E-state index in [-0.39, 0.29) is 5.54 Å². The summed E-state index contributed by atoms with van der Waals surface area (Å²) in [4.78, 5) is 0. The van der Waals surface area contributed by atoms with Gasteiger partial charge in [0.15, 0.2) is 0 Å². The van der Waals surface area contributed by atoms with Gasteiger partial charge in [0.2, 0.25) is 10.0 Å². The second-order valence-corrected chi connectivity index (χ2v) is 7.32. The molecule has 0 spiro atoms. The molecule has 2 aliphatic rings. The summed E-state index contributed by atoms with van der Waals surface area (Å²) in [5, 5.41) is 0. The molecule has 0 unspecified atom stereocenters. The summed E-state index contributed by atoms with van der Waals surface area (Å²) in [7, 11) is -3.09. The van der Waals surface area contributed by atoms with Gasteiger partial charge in [0.1, 0.15) is 0 Å². The van der Waals surface area contributed by atoms with Gasteiger partial charge >= 0.3 is 0 Å². The molecule has 94 valence electrons. The Bertz CT molecular complexity index is 330. The normalized spacial score (nSPS) is 25.6. The summed E-state index contributed by atoms with van der Waals surface area (Å²) in [6.07, 6.45) is 7.50. The van der Waals surface area contributed by atoms with Crippen molar-refractivity contribution in [3.05, 3.63) is 0 Å². The molecule has 0 radical (unpaired) electrons. The van der Waals surface area contributed by atoms with Gasteiger partial charge in [0.25, 0.3) is 0 Å². The van der Waals surface area contributed by atoms with Crippen LogP contribution in [0.5, 0.6) is 0 Å². The van der Waals surface area contributed by atoms with Gasteiger partial charge in [-0.25, -0.2) is 13.1 Å². The van der Waals surface area contributed by atoms with Crippen LogP contribution in [0.15, 0.2) is 0 Å². The zero-order chi connectivity index (χ0) is 11.6. The van der Waals surface area contributed by atoms with Crippen LogP contribution < -0.4 is 10.5 Å². The van der Waals surface area contributed by atoms with Crippen molar-refractivity contribution < 1.29 is 8.42 Å². The summed E-state index contributed by atoms with van der Waals surface area (Å²) in [5.74, 6) is 0.695. The average molecular weight is 246 g/mol. The molecule has 2 rings (SSSR count). The number of nitrogens with two attached hydrogens (primary N) is 1. The van der Waals surface area contributed by atoms with Crippen LogP contribution in [-0.4, -0.2) is 26.3 Å². The molecule has 0 bridgehead atoms. The lowest BCUT2D eigenvalue weighted by molar-refractivity contribution is 0.296. The fourth-order valence-electron chi connectivity index (χ4n) is 2.34. The molecule has 0 aromatic heterocycles. The zero-order valence-electron chi connectivity index (χ0n) is 9.74. The van der Waals surface area contributed by atoms with Gasteiger partial charge in [-0.1, -0.05) is 19.3 Å². The third-order valence-corrected chi connectivity index (χ3v) is 5.14. The molecule has 5 heteroatoms. The van der Waals surface area contributed by atoms with Crippen LogP contribution in [0, 0.1) is 5.92 Å². The van der Waals surface area contributed by atoms with Gasteiger partial charge in [-0.2, -0.15) is 0 Å². The zero-order valence-corrected chi connectivity index (χ0v) is 10.6. The van der Waals surface area contributed by atoms with Crippen LogP contribution in [0.25, 0.3) is 0 Å². The van der Waals surface area contributed by atoms with Crippen LogP contribution in [0.2, 0.25) is 0 Å². The van der Waals surface area contributed by atoms with Crippen LogP contribution in [0.1, 0.15) is 44.9 Å². The Hall–Kier alpha value is -0.130. The fourth-order valence-corrected chi connectivity index (χ4v) is 3.92. The van der Waals surface area contributed by atoms with E-state index < -0.39 is 10.0 Å². The lowest BCUT2D eigenvalue weighted by atomic mass is 9.83. The Morgan fingerprint density at radius 1 is 1.19 bits per heavy atom. The quantitative estimate of drug-likeness (QED) is 0.759. The lowest BCUT2D eigenvalue weighted by Gasteiger charge is -2.33. The Kier molecular flexibility index (Phi) is 3.56. The minimum atomic E-state index is -3.09. The van der Waals surface area contributed by atoms with Crippen molar-refractivity contribution in [1.29, 1.82) is 0 Å². The summed E-state index contributed by atoms with van der Waals surface area (Å²) < 4.78 is 26.1. The van der Waals surface area contributed by atoms with E-state index >= 15 is 0 Å². The van der Waals surface area contributed by atoms with E-state index in [9.17, 15) is 8.42 Å². The molecule has 0 aromatic rings. The minimum absolute atomic E-state index is 0.295. The van der Waals surface area contributed by atoms with Gasteiger partial charge in [-0.05, 0) is 31.6 Å². The van der Waals surface area contributed by atoms with Gasteiger partial charge in [-0.3, -0.25) is 0 Å². The van der Waals surface area contributed by atoms with E-state index in [1.54, 1.807) is 0 Å². The van der Waals surface area contributed by atoms with Crippen molar-refractivity contribution in [3.63, 3.8) is 0 Å². The third-order valence-electron chi connectivity index (χ3n) is 3.65. The number of rotatable bonds is 5. The highest BCUT2D eigenvalue weighted by Crippen LogP contribution is 2.30. The molecule has 2 saturated carbocycles. The summed E-state index contributed by atoms with van der Waals surface area (Å²) in [6.45, 7) is 0.419. The maximum atomic E-state index is 11.7. The predicted molar refractivity (Wildman–Crippen MR) is 64.5 cm³/mol. The molecule has 4 nitrogen and oxygen atoms in total. The van der Waals surface area contributed by atoms with E-state index in [2.05, 4.69) is 4.72 Å². The average Bonchev–Trinajstić information content (AvgIpc) is 3.00. The first-order chi connectivity index (χ1) is 7.49. The Balaban J connectivity index is 1.80. The Morgan fingerprint density at radius 3 is 2.38 bits per heavy atom. The summed E-state index contributed by atoms with van der Waals surface area (Å²) in [6, 6.07) is 0. The van der Waals surface area contributed by atoms with Gasteiger partial charge in [-0.15, -0.1) is 0 Å². The largest absolute Gasteiger partial charge is 0.324 e. The van der Waals surface area contributed by atoms with Crippen molar-refractivity contribution in [3.8, 4) is 0 Å². The second kappa shape index (κ2) is 4.63. The van der Waals surface area contributed by atoms with Crippen LogP contribution in [-0.2, 0) is 10.0 Å². The molecule has 3 N–H and O–H groups in total. The van der Waals surface area contributed by atoms with Crippen molar-refractivity contribution in [2.45, 2.75) is 50.5 Å². The van der Waals surface area contributed by atoms with Crippen molar-refractivity contribution in [2.75, 3.05) is 12.3 Å². The van der Waals surface area contributed by atoms with Crippen LogP contribution in [0.3, 0.4) is 0 Å². The standard InChI is InChI=1S/C11H22N2O2S/c12-11(6-2-1-3-7-11)9-13-16(14,15)8-10-4-5-10/h10,13H,1-9,12H2. The van der Waals surface area contributed by atoms with Crippen molar-refractivity contribution in [2.24, 2.45) is 11.7 Å². The molecule has 0 heterocycles. The number of sulfonamides is 1. The number of hydrogen-bond acceptors (Lipinski definition) is 3. The first-order valence-corrected chi connectivity index (χ1v) is 7.91. The maximum absolute atomic E-state index is 11.7. The third kappa shape index (κ3) is 3.71. The number of nitrogens with one attached hydrogen (secondary N) is 1. The van der Waals surface area contributed by atoms with Crippen molar-refractivity contribution >= 4 is 10.0 Å². The molecule has 0 saturated heterocycles. The monoisotopic (exact) mass is 246 g/mol. The molecule has 2 fully saturated rings. The van der Waals surface area contributed by atoms with E-state index in [0.717, 1.165) is 38.5 Å². The highest BCUT2D eigenvalue weighted by Gasteiger charge is 2.31. The van der Waals surface area contributed by atoms with Crippen LogP contribution in [0.4, 0.5) is 0 Å². The fraction of sp³-hybridized carbons (Fsp3) is 1.00. The minimum Gasteiger partial charge on any atom is -0.324 e. The van der Waals surface area contributed by atoms with E-state index in [1.165, 1.54) is 6.42 Å². The second-order valence-electron chi connectivity index (χ2n) is 5.47. The van der Waals surface area contributed by atoms with Crippen molar-refractivity contribution in [1.82, 2.24) is 4.72 Å². The molecule has 0 aliphatic heterocycles. The first kappa shape index (κ1) is 12.3. The maximum Gasteiger partial charge on any atom is 0.211 e.